The predicted octanol–water partition coefficient (Wildman–Crippen LogP) is 1.18. The van der Waals surface area contributed by atoms with Gasteiger partial charge in [0.1, 0.15) is 18.3 Å². The fourth-order valence-electron chi connectivity index (χ4n) is 2.45. The average molecular weight is 341 g/mol. The summed E-state index contributed by atoms with van der Waals surface area (Å²) >= 11 is 0. The molecular weight excluding hydrogens is 326 g/mol. The van der Waals surface area contributed by atoms with Gasteiger partial charge in [-0.05, 0) is 12.1 Å². The number of carbonyl (C=O) groups is 1. The zero-order chi connectivity index (χ0) is 18.0. The number of carbonyl (C=O) groups excluding carboxylic acids is 1. The molecule has 0 radical (unpaired) electrons. The van der Waals surface area contributed by atoms with Crippen molar-refractivity contribution < 1.29 is 9.72 Å². The normalized spacial score (nSPS) is 10.6. The number of nitro groups is 1. The lowest BCUT2D eigenvalue weighted by atomic mass is 10.1. The topological polar surface area (TPSA) is 112 Å². The van der Waals surface area contributed by atoms with E-state index in [2.05, 4.69) is 15.2 Å². The summed E-state index contributed by atoms with van der Waals surface area (Å²) in [7, 11) is 3.42. The number of amides is 1. The minimum absolute atomic E-state index is 0.217. The Kier molecular flexibility index (Phi) is 4.25. The molecule has 0 fully saturated rings. The van der Waals surface area contributed by atoms with Crippen LogP contribution in [0, 0.1) is 10.1 Å². The summed E-state index contributed by atoms with van der Waals surface area (Å²) in [6.45, 7) is 0.352. The predicted molar refractivity (Wildman–Crippen MR) is 87.0 cm³/mol. The van der Waals surface area contributed by atoms with Gasteiger partial charge in [-0.15, -0.1) is 0 Å². The van der Waals surface area contributed by atoms with Gasteiger partial charge in [-0.1, -0.05) is 0 Å². The Hall–Kier alpha value is -3.56. The molecular formula is C15H15N7O3. The number of hydrogen-bond donors (Lipinski definition) is 0. The van der Waals surface area contributed by atoms with Crippen LogP contribution in [0.25, 0.3) is 5.69 Å². The van der Waals surface area contributed by atoms with Crippen molar-refractivity contribution in [3.63, 3.8) is 0 Å². The summed E-state index contributed by atoms with van der Waals surface area (Å²) in [6.07, 6.45) is 6.11. The lowest BCUT2D eigenvalue weighted by molar-refractivity contribution is -0.384. The maximum absolute atomic E-state index is 12.6. The smallest absolute Gasteiger partial charge is 0.295 e. The van der Waals surface area contributed by atoms with E-state index in [1.54, 1.807) is 31.2 Å². The van der Waals surface area contributed by atoms with E-state index in [1.807, 2.05) is 0 Å². The summed E-state index contributed by atoms with van der Waals surface area (Å²) in [5.41, 5.74) is 1.12. The van der Waals surface area contributed by atoms with Crippen molar-refractivity contribution in [2.24, 2.45) is 7.05 Å². The van der Waals surface area contributed by atoms with Crippen molar-refractivity contribution in [2.45, 2.75) is 6.54 Å². The maximum Gasteiger partial charge on any atom is 0.295 e. The van der Waals surface area contributed by atoms with Crippen molar-refractivity contribution in [3.05, 3.63) is 64.5 Å². The third-order valence-corrected chi connectivity index (χ3v) is 3.61. The summed E-state index contributed by atoms with van der Waals surface area (Å²) in [5.74, 6) is -0.322. The van der Waals surface area contributed by atoms with E-state index in [0.717, 1.165) is 5.56 Å². The summed E-state index contributed by atoms with van der Waals surface area (Å²) in [4.78, 5) is 28.6. The second-order valence-electron chi connectivity index (χ2n) is 5.48. The molecule has 0 aliphatic rings. The Bertz CT molecular complexity index is 917. The first-order valence-corrected chi connectivity index (χ1v) is 7.32. The van der Waals surface area contributed by atoms with Crippen molar-refractivity contribution in [1.29, 1.82) is 0 Å². The zero-order valence-corrected chi connectivity index (χ0v) is 13.6. The molecule has 1 aromatic carbocycles. The number of nitro benzene ring substituents is 1. The van der Waals surface area contributed by atoms with Crippen molar-refractivity contribution in [3.8, 4) is 5.69 Å². The van der Waals surface area contributed by atoms with Gasteiger partial charge < -0.3 is 4.90 Å². The number of benzene rings is 1. The molecule has 10 nitrogen and oxygen atoms in total. The third-order valence-electron chi connectivity index (χ3n) is 3.61. The van der Waals surface area contributed by atoms with Crippen LogP contribution in [0.3, 0.4) is 0 Å². The van der Waals surface area contributed by atoms with Gasteiger partial charge in [-0.25, -0.2) is 9.67 Å². The highest BCUT2D eigenvalue weighted by Gasteiger charge is 2.21. The third kappa shape index (κ3) is 3.37. The number of hydrogen-bond acceptors (Lipinski definition) is 6. The average Bonchev–Trinajstić information content (AvgIpc) is 3.25. The van der Waals surface area contributed by atoms with Gasteiger partial charge in [-0.2, -0.15) is 10.2 Å². The van der Waals surface area contributed by atoms with E-state index in [0.29, 0.717) is 6.54 Å². The summed E-state index contributed by atoms with van der Waals surface area (Å²) in [6, 6.07) is 4.27. The second kappa shape index (κ2) is 6.51. The zero-order valence-electron chi connectivity index (χ0n) is 13.6. The Labute approximate surface area is 142 Å². The fraction of sp³-hybridized carbons (Fsp3) is 0.200. The Morgan fingerprint density at radius 3 is 2.76 bits per heavy atom. The lowest BCUT2D eigenvalue weighted by Gasteiger charge is -2.16. The maximum atomic E-state index is 12.6. The molecule has 1 amide bonds. The molecule has 0 unspecified atom stereocenters. The Balaban J connectivity index is 1.87. The monoisotopic (exact) mass is 341 g/mol. The van der Waals surface area contributed by atoms with Crippen LogP contribution in [-0.4, -0.2) is 47.3 Å². The highest BCUT2D eigenvalue weighted by molar-refractivity contribution is 5.95. The van der Waals surface area contributed by atoms with Gasteiger partial charge in [0.05, 0.1) is 11.1 Å². The molecule has 0 spiro atoms. The van der Waals surface area contributed by atoms with Gasteiger partial charge in [-0.3, -0.25) is 19.6 Å². The van der Waals surface area contributed by atoms with E-state index in [1.165, 1.54) is 40.4 Å². The van der Waals surface area contributed by atoms with Crippen LogP contribution in [0.2, 0.25) is 0 Å². The molecule has 3 rings (SSSR count). The van der Waals surface area contributed by atoms with Gasteiger partial charge in [0, 0.05) is 44.0 Å². The molecule has 0 atom stereocenters. The van der Waals surface area contributed by atoms with Crippen molar-refractivity contribution in [1.82, 2.24) is 29.4 Å². The Morgan fingerprint density at radius 2 is 2.16 bits per heavy atom. The highest BCUT2D eigenvalue weighted by Crippen LogP contribution is 2.24. The van der Waals surface area contributed by atoms with Crippen LogP contribution in [0.1, 0.15) is 15.9 Å². The molecule has 128 valence electrons. The fourth-order valence-corrected chi connectivity index (χ4v) is 2.45. The molecule has 0 aliphatic carbocycles. The van der Waals surface area contributed by atoms with Crippen LogP contribution < -0.4 is 0 Å². The van der Waals surface area contributed by atoms with E-state index in [9.17, 15) is 14.9 Å². The van der Waals surface area contributed by atoms with Crippen LogP contribution in [0.5, 0.6) is 0 Å². The second-order valence-corrected chi connectivity index (χ2v) is 5.48. The first-order valence-electron chi connectivity index (χ1n) is 7.32. The molecule has 0 saturated carbocycles. The SMILES string of the molecule is CN(Cc1cnn(C)c1)C(=O)c1ccc(-n2cncn2)c([N+](=O)[O-])c1. The number of nitrogens with zero attached hydrogens (tertiary/aromatic N) is 7. The molecule has 2 heterocycles. The molecule has 10 heteroatoms. The Morgan fingerprint density at radius 1 is 1.36 bits per heavy atom. The number of rotatable bonds is 5. The minimum Gasteiger partial charge on any atom is -0.337 e. The van der Waals surface area contributed by atoms with E-state index in [4.69, 9.17) is 0 Å². The van der Waals surface area contributed by atoms with Crippen molar-refractivity contribution in [2.75, 3.05) is 7.05 Å². The molecule has 0 bridgehead atoms. The van der Waals surface area contributed by atoms with Crippen LogP contribution >= 0.6 is 0 Å². The number of aryl methyl sites for hydroxylation is 1. The van der Waals surface area contributed by atoms with Gasteiger partial charge in [0.15, 0.2) is 0 Å². The summed E-state index contributed by atoms with van der Waals surface area (Å²) < 4.78 is 2.93. The standard InChI is InChI=1S/C15H15N7O3/c1-19(7-11-6-17-20(2)8-11)15(23)12-3-4-13(14(5-12)22(24)25)21-10-16-9-18-21/h3-6,8-10H,7H2,1-2H3. The van der Waals surface area contributed by atoms with E-state index in [-0.39, 0.29) is 22.8 Å². The quantitative estimate of drug-likeness (QED) is 0.509. The summed E-state index contributed by atoms with van der Waals surface area (Å²) in [5, 5.41) is 19.3. The molecule has 3 aromatic rings. The largest absolute Gasteiger partial charge is 0.337 e. The van der Waals surface area contributed by atoms with Crippen molar-refractivity contribution >= 4 is 11.6 Å². The number of aromatic nitrogens is 5. The van der Waals surface area contributed by atoms with E-state index < -0.39 is 4.92 Å². The van der Waals surface area contributed by atoms with Gasteiger partial charge in [0.2, 0.25) is 0 Å². The van der Waals surface area contributed by atoms with Crippen LogP contribution in [0.4, 0.5) is 5.69 Å². The van der Waals surface area contributed by atoms with Gasteiger partial charge >= 0.3 is 0 Å². The van der Waals surface area contributed by atoms with E-state index >= 15 is 0 Å². The highest BCUT2D eigenvalue weighted by atomic mass is 16.6. The molecule has 0 N–H and O–H groups in total. The van der Waals surface area contributed by atoms with Crippen LogP contribution in [0.15, 0.2) is 43.2 Å². The molecule has 0 aliphatic heterocycles. The van der Waals surface area contributed by atoms with Crippen LogP contribution in [-0.2, 0) is 13.6 Å². The molecule has 2 aromatic heterocycles. The molecule has 0 saturated heterocycles. The first kappa shape index (κ1) is 16.3. The van der Waals surface area contributed by atoms with Gasteiger partial charge in [0.25, 0.3) is 11.6 Å². The first-order chi connectivity index (χ1) is 12.0. The molecule has 25 heavy (non-hydrogen) atoms. The minimum atomic E-state index is -0.547. The lowest BCUT2D eigenvalue weighted by Crippen LogP contribution is -2.26.